The van der Waals surface area contributed by atoms with Gasteiger partial charge in [0.25, 0.3) is 0 Å². The van der Waals surface area contributed by atoms with Gasteiger partial charge < -0.3 is 10.1 Å². The van der Waals surface area contributed by atoms with Crippen LogP contribution in [0.2, 0.25) is 10.0 Å². The molecule has 0 saturated heterocycles. The molecule has 0 spiro atoms. The number of anilines is 1. The second kappa shape index (κ2) is 9.65. The SMILES string of the molecule is COc1ccc(-c2c3c(nn2-c2ccc(Cl)cc2Cl)C(NC2CCCCC2)CS(=O)(=O)N3C)cc1. The Labute approximate surface area is 216 Å². The van der Waals surface area contributed by atoms with Gasteiger partial charge in [-0.3, -0.25) is 4.31 Å². The third kappa shape index (κ3) is 4.65. The standard InChI is InChI=1S/C25H28Cl2N4O3S/c1-30-25-23(21(15-35(30,32)33)28-18-6-4-3-5-7-18)29-31(22-13-10-17(26)14-20(22)27)24(25)16-8-11-19(34-2)12-9-16/h8-14,18,21,28H,3-7,15H2,1-2H3. The van der Waals surface area contributed by atoms with Crippen LogP contribution < -0.4 is 14.4 Å². The zero-order valence-corrected chi connectivity index (χ0v) is 22.0. The minimum absolute atomic E-state index is 0.0413. The lowest BCUT2D eigenvalue weighted by Crippen LogP contribution is -2.44. The average molecular weight is 535 g/mol. The van der Waals surface area contributed by atoms with E-state index in [9.17, 15) is 8.42 Å². The van der Waals surface area contributed by atoms with Gasteiger partial charge in [-0.2, -0.15) is 5.10 Å². The van der Waals surface area contributed by atoms with E-state index in [1.165, 1.54) is 10.7 Å². The van der Waals surface area contributed by atoms with Crippen LogP contribution in [0, 0.1) is 0 Å². The van der Waals surface area contributed by atoms with E-state index in [-0.39, 0.29) is 11.8 Å². The number of ether oxygens (including phenoxy) is 1. The molecule has 1 aliphatic heterocycles. The first-order valence-corrected chi connectivity index (χ1v) is 14.1. The monoisotopic (exact) mass is 534 g/mol. The molecule has 1 fully saturated rings. The molecule has 1 atom stereocenters. The molecule has 1 N–H and O–H groups in total. The largest absolute Gasteiger partial charge is 0.497 e. The van der Waals surface area contributed by atoms with E-state index in [1.807, 2.05) is 24.3 Å². The molecule has 186 valence electrons. The molecule has 7 nitrogen and oxygen atoms in total. The predicted octanol–water partition coefficient (Wildman–Crippen LogP) is 5.60. The summed E-state index contributed by atoms with van der Waals surface area (Å²) in [5, 5.41) is 9.54. The Kier molecular flexibility index (Phi) is 6.74. The number of nitrogens with zero attached hydrogens (tertiary/aromatic N) is 3. The maximum absolute atomic E-state index is 13.3. The first-order valence-electron chi connectivity index (χ1n) is 11.7. The summed E-state index contributed by atoms with van der Waals surface area (Å²) in [4.78, 5) is 0. The van der Waals surface area contributed by atoms with Gasteiger partial charge in [-0.25, -0.2) is 13.1 Å². The number of sulfonamides is 1. The summed E-state index contributed by atoms with van der Waals surface area (Å²) in [6, 6.07) is 12.6. The van der Waals surface area contributed by atoms with Crippen LogP contribution in [0.25, 0.3) is 16.9 Å². The minimum Gasteiger partial charge on any atom is -0.497 e. The van der Waals surface area contributed by atoms with Gasteiger partial charge in [-0.1, -0.05) is 42.5 Å². The molecular formula is C25H28Cl2N4O3S. The lowest BCUT2D eigenvalue weighted by Gasteiger charge is -2.33. The Morgan fingerprint density at radius 3 is 2.43 bits per heavy atom. The molecular weight excluding hydrogens is 507 g/mol. The van der Waals surface area contributed by atoms with E-state index in [0.29, 0.717) is 38.6 Å². The van der Waals surface area contributed by atoms with Gasteiger partial charge in [0.15, 0.2) is 0 Å². The molecule has 1 saturated carbocycles. The third-order valence-corrected chi connectivity index (χ3v) is 9.18. The van der Waals surface area contributed by atoms with Gasteiger partial charge >= 0.3 is 0 Å². The Hall–Kier alpha value is -2.26. The molecule has 1 unspecified atom stereocenters. The van der Waals surface area contributed by atoms with Crippen LogP contribution in [0.3, 0.4) is 0 Å². The molecule has 0 amide bonds. The Bertz CT molecular complexity index is 1340. The van der Waals surface area contributed by atoms with E-state index < -0.39 is 16.1 Å². The molecule has 2 aromatic carbocycles. The lowest BCUT2D eigenvalue weighted by atomic mass is 9.94. The molecule has 10 heteroatoms. The number of aromatic nitrogens is 2. The van der Waals surface area contributed by atoms with Crippen LogP contribution in [-0.4, -0.2) is 44.2 Å². The second-order valence-electron chi connectivity index (χ2n) is 9.12. The van der Waals surface area contributed by atoms with Crippen molar-refractivity contribution in [2.24, 2.45) is 0 Å². The smallest absolute Gasteiger partial charge is 0.236 e. The van der Waals surface area contributed by atoms with Gasteiger partial charge in [0.05, 0.1) is 35.3 Å². The summed E-state index contributed by atoms with van der Waals surface area (Å²) in [5.74, 6) is 0.663. The van der Waals surface area contributed by atoms with Gasteiger partial charge in [0.1, 0.15) is 17.1 Å². The van der Waals surface area contributed by atoms with Crippen LogP contribution >= 0.6 is 23.2 Å². The van der Waals surface area contributed by atoms with Crippen molar-refractivity contribution >= 4 is 38.9 Å². The van der Waals surface area contributed by atoms with Crippen molar-refractivity contribution in [1.29, 1.82) is 0 Å². The molecule has 35 heavy (non-hydrogen) atoms. The highest BCUT2D eigenvalue weighted by molar-refractivity contribution is 7.92. The molecule has 1 aliphatic carbocycles. The maximum Gasteiger partial charge on any atom is 0.236 e. The number of methoxy groups -OCH3 is 1. The predicted molar refractivity (Wildman–Crippen MR) is 141 cm³/mol. The number of benzene rings is 2. The molecule has 2 aliphatic rings. The fourth-order valence-corrected chi connectivity index (χ4v) is 6.87. The maximum atomic E-state index is 13.3. The van der Waals surface area contributed by atoms with Crippen molar-refractivity contribution in [1.82, 2.24) is 15.1 Å². The van der Waals surface area contributed by atoms with Gasteiger partial charge in [0, 0.05) is 23.7 Å². The van der Waals surface area contributed by atoms with Crippen molar-refractivity contribution in [2.45, 2.75) is 44.2 Å². The van der Waals surface area contributed by atoms with E-state index in [2.05, 4.69) is 5.32 Å². The molecule has 3 aromatic rings. The molecule has 0 bridgehead atoms. The highest BCUT2D eigenvalue weighted by Crippen LogP contribution is 2.44. The number of fused-ring (bicyclic) bond motifs is 1. The quantitative estimate of drug-likeness (QED) is 0.461. The number of rotatable bonds is 5. The molecule has 0 radical (unpaired) electrons. The van der Waals surface area contributed by atoms with E-state index in [0.717, 1.165) is 31.2 Å². The first kappa shape index (κ1) is 24.4. The average Bonchev–Trinajstić information content (AvgIpc) is 3.23. The summed E-state index contributed by atoms with van der Waals surface area (Å²) < 4.78 is 35.1. The minimum atomic E-state index is -3.57. The summed E-state index contributed by atoms with van der Waals surface area (Å²) in [7, 11) is -0.367. The van der Waals surface area contributed by atoms with Crippen LogP contribution in [0.1, 0.15) is 43.8 Å². The highest BCUT2D eigenvalue weighted by atomic mass is 35.5. The highest BCUT2D eigenvalue weighted by Gasteiger charge is 2.41. The summed E-state index contributed by atoms with van der Waals surface area (Å²) >= 11 is 12.8. The van der Waals surface area contributed by atoms with Crippen LogP contribution in [0.15, 0.2) is 42.5 Å². The van der Waals surface area contributed by atoms with Crippen LogP contribution in [0.4, 0.5) is 5.69 Å². The fraction of sp³-hybridized carbons (Fsp3) is 0.400. The second-order valence-corrected chi connectivity index (χ2v) is 12.0. The molecule has 5 rings (SSSR count). The first-order chi connectivity index (χ1) is 16.8. The summed E-state index contributed by atoms with van der Waals surface area (Å²) in [6.45, 7) is 0. The van der Waals surface area contributed by atoms with Gasteiger partial charge in [-0.05, 0) is 55.3 Å². The van der Waals surface area contributed by atoms with Crippen molar-refractivity contribution in [3.05, 3.63) is 58.2 Å². The third-order valence-electron chi connectivity index (χ3n) is 6.87. The Balaban J connectivity index is 1.72. The Morgan fingerprint density at radius 1 is 1.06 bits per heavy atom. The van der Waals surface area contributed by atoms with Crippen molar-refractivity contribution < 1.29 is 13.2 Å². The fourth-order valence-electron chi connectivity index (χ4n) is 5.03. The summed E-state index contributed by atoms with van der Waals surface area (Å²) in [6.07, 6.45) is 5.60. The Morgan fingerprint density at radius 2 is 1.77 bits per heavy atom. The van der Waals surface area contributed by atoms with E-state index >= 15 is 0 Å². The number of nitrogens with one attached hydrogen (secondary N) is 1. The van der Waals surface area contributed by atoms with Crippen LogP contribution in [0.5, 0.6) is 5.75 Å². The summed E-state index contributed by atoms with van der Waals surface area (Å²) in [5.41, 5.74) is 3.32. The van der Waals surface area contributed by atoms with Crippen molar-refractivity contribution in [3.8, 4) is 22.7 Å². The normalized spacial score (nSPS) is 20.0. The molecule has 2 heterocycles. The zero-order chi connectivity index (χ0) is 24.7. The van der Waals surface area contributed by atoms with Gasteiger partial charge in [0.2, 0.25) is 10.0 Å². The number of hydrogen-bond acceptors (Lipinski definition) is 5. The molecule has 1 aromatic heterocycles. The van der Waals surface area contributed by atoms with Crippen LogP contribution in [-0.2, 0) is 10.0 Å². The van der Waals surface area contributed by atoms with Gasteiger partial charge in [-0.15, -0.1) is 0 Å². The topological polar surface area (TPSA) is 76.5 Å². The van der Waals surface area contributed by atoms with Crippen molar-refractivity contribution in [3.63, 3.8) is 0 Å². The lowest BCUT2D eigenvalue weighted by molar-refractivity contribution is 0.343. The zero-order valence-electron chi connectivity index (χ0n) is 19.7. The van der Waals surface area contributed by atoms with Crippen molar-refractivity contribution in [2.75, 3.05) is 24.2 Å². The van der Waals surface area contributed by atoms with E-state index in [1.54, 1.807) is 37.0 Å². The van der Waals surface area contributed by atoms with E-state index in [4.69, 9.17) is 33.0 Å². The number of halogens is 2. The number of hydrogen-bond donors (Lipinski definition) is 1.